The van der Waals surface area contributed by atoms with Crippen molar-refractivity contribution in [1.82, 2.24) is 10.3 Å². The molecule has 0 saturated carbocycles. The average molecular weight is 402 g/mol. The van der Waals surface area contributed by atoms with E-state index in [0.29, 0.717) is 29.9 Å². The fourth-order valence-electron chi connectivity index (χ4n) is 2.87. The monoisotopic (exact) mass is 402 g/mol. The topological polar surface area (TPSA) is 91.7 Å². The Morgan fingerprint density at radius 1 is 1.07 bits per heavy atom. The third kappa shape index (κ3) is 6.58. The molecule has 30 heavy (non-hydrogen) atoms. The zero-order valence-electron chi connectivity index (χ0n) is 16.4. The van der Waals surface area contributed by atoms with Gasteiger partial charge in [0.15, 0.2) is 0 Å². The van der Waals surface area contributed by atoms with Gasteiger partial charge >= 0.3 is 7.12 Å². The molecule has 152 valence electrons. The van der Waals surface area contributed by atoms with Crippen LogP contribution in [0, 0.1) is 0 Å². The maximum Gasteiger partial charge on any atom is 0.489 e. The highest BCUT2D eigenvalue weighted by molar-refractivity contribution is 6.59. The molecule has 0 radical (unpaired) electrons. The molecule has 0 unspecified atom stereocenters. The summed E-state index contributed by atoms with van der Waals surface area (Å²) in [6.07, 6.45) is 7.00. The number of carbonyl (C=O) groups excluding carboxylic acids is 1. The van der Waals surface area contributed by atoms with E-state index in [-0.39, 0.29) is 5.91 Å². The fourth-order valence-corrected chi connectivity index (χ4v) is 2.87. The molecular formula is C23H23BN2O4. The van der Waals surface area contributed by atoms with Gasteiger partial charge in [-0.15, -0.1) is 0 Å². The molecule has 1 heterocycles. The molecule has 0 aliphatic rings. The lowest BCUT2D eigenvalue weighted by atomic mass is 9.77. The lowest BCUT2D eigenvalue weighted by molar-refractivity contribution is -0.116. The van der Waals surface area contributed by atoms with Crippen LogP contribution >= 0.6 is 0 Å². The van der Waals surface area contributed by atoms with E-state index in [0.717, 1.165) is 12.0 Å². The highest BCUT2D eigenvalue weighted by atomic mass is 16.5. The second kappa shape index (κ2) is 10.9. The van der Waals surface area contributed by atoms with Gasteiger partial charge in [0, 0.05) is 31.4 Å². The van der Waals surface area contributed by atoms with Crippen LogP contribution in [0.3, 0.4) is 0 Å². The molecule has 6 nitrogen and oxygen atoms in total. The maximum atomic E-state index is 12.1. The number of nitrogens with one attached hydrogen (secondary N) is 1. The van der Waals surface area contributed by atoms with Crippen molar-refractivity contribution in [3.8, 4) is 5.75 Å². The van der Waals surface area contributed by atoms with Gasteiger partial charge in [0.05, 0.1) is 6.61 Å². The Labute approximate surface area is 176 Å². The first-order valence-corrected chi connectivity index (χ1v) is 9.63. The van der Waals surface area contributed by atoms with Crippen molar-refractivity contribution in [2.45, 2.75) is 13.0 Å². The molecule has 7 heteroatoms. The number of hydrogen-bond acceptors (Lipinski definition) is 5. The third-order valence-corrected chi connectivity index (χ3v) is 4.44. The van der Waals surface area contributed by atoms with E-state index in [4.69, 9.17) is 4.74 Å². The summed E-state index contributed by atoms with van der Waals surface area (Å²) < 4.78 is 5.79. The standard InChI is InChI=1S/C23H23BN2O4/c27-23(26-17-19-7-4-13-25-16-19)11-8-20-15-21(9-10-22(20)24(28)29)30-14-12-18-5-2-1-3-6-18/h1-11,13,15-16,28-29H,12,14,17H2,(H,26,27)/b11-8+. The lowest BCUT2D eigenvalue weighted by Gasteiger charge is -2.10. The Morgan fingerprint density at radius 2 is 1.87 bits per heavy atom. The normalized spacial score (nSPS) is 10.7. The Balaban J connectivity index is 1.62. The number of rotatable bonds is 9. The van der Waals surface area contributed by atoms with Crippen molar-refractivity contribution >= 4 is 24.6 Å². The number of nitrogens with zero attached hydrogens (tertiary/aromatic N) is 1. The summed E-state index contributed by atoms with van der Waals surface area (Å²) in [5, 5.41) is 22.0. The minimum atomic E-state index is -1.65. The van der Waals surface area contributed by atoms with Crippen molar-refractivity contribution in [1.29, 1.82) is 0 Å². The molecule has 0 saturated heterocycles. The van der Waals surface area contributed by atoms with E-state index < -0.39 is 7.12 Å². The van der Waals surface area contributed by atoms with Crippen LogP contribution in [-0.2, 0) is 17.8 Å². The molecule has 0 bridgehead atoms. The van der Waals surface area contributed by atoms with Gasteiger partial charge in [0.2, 0.25) is 5.91 Å². The smallest absolute Gasteiger partial charge is 0.489 e. The van der Waals surface area contributed by atoms with Crippen LogP contribution in [0.15, 0.2) is 79.1 Å². The molecule has 1 amide bonds. The first kappa shape index (κ1) is 21.3. The molecule has 0 atom stereocenters. The molecule has 3 aromatic rings. The Morgan fingerprint density at radius 3 is 2.60 bits per heavy atom. The summed E-state index contributed by atoms with van der Waals surface area (Å²) in [6, 6.07) is 18.6. The van der Waals surface area contributed by atoms with Gasteiger partial charge in [-0.05, 0) is 46.4 Å². The summed E-state index contributed by atoms with van der Waals surface area (Å²) in [6.45, 7) is 0.842. The first-order chi connectivity index (χ1) is 14.6. The van der Waals surface area contributed by atoms with Gasteiger partial charge in [0.25, 0.3) is 0 Å². The predicted octanol–water partition coefficient (Wildman–Crippen LogP) is 1.71. The van der Waals surface area contributed by atoms with Gasteiger partial charge in [-0.2, -0.15) is 0 Å². The molecule has 0 aliphatic heterocycles. The highest BCUT2D eigenvalue weighted by Gasteiger charge is 2.15. The summed E-state index contributed by atoms with van der Waals surface area (Å²) in [5.41, 5.74) is 2.85. The van der Waals surface area contributed by atoms with E-state index in [1.54, 1.807) is 36.7 Å². The fraction of sp³-hybridized carbons (Fsp3) is 0.130. The maximum absolute atomic E-state index is 12.1. The molecule has 3 N–H and O–H groups in total. The number of pyridine rings is 1. The summed E-state index contributed by atoms with van der Waals surface area (Å²) in [4.78, 5) is 16.1. The van der Waals surface area contributed by atoms with E-state index in [9.17, 15) is 14.8 Å². The van der Waals surface area contributed by atoms with E-state index in [1.807, 2.05) is 36.4 Å². The summed E-state index contributed by atoms with van der Waals surface area (Å²) in [5.74, 6) is 0.290. The van der Waals surface area contributed by atoms with Gasteiger partial charge in [0.1, 0.15) is 5.75 Å². The zero-order valence-corrected chi connectivity index (χ0v) is 16.4. The van der Waals surface area contributed by atoms with Crippen LogP contribution in [0.5, 0.6) is 5.75 Å². The van der Waals surface area contributed by atoms with Crippen molar-refractivity contribution in [3.05, 3.63) is 95.8 Å². The highest BCUT2D eigenvalue weighted by Crippen LogP contribution is 2.14. The van der Waals surface area contributed by atoms with Gasteiger partial charge in [-0.1, -0.05) is 42.5 Å². The molecule has 0 fully saturated rings. The molecule has 0 aliphatic carbocycles. The quantitative estimate of drug-likeness (QED) is 0.375. The van der Waals surface area contributed by atoms with Crippen molar-refractivity contribution in [3.63, 3.8) is 0 Å². The number of benzene rings is 2. The van der Waals surface area contributed by atoms with Crippen LogP contribution in [0.1, 0.15) is 16.7 Å². The second-order valence-electron chi connectivity index (χ2n) is 6.66. The Bertz CT molecular complexity index is 979. The van der Waals surface area contributed by atoms with Crippen LogP contribution in [0.2, 0.25) is 0 Å². The van der Waals surface area contributed by atoms with Crippen LogP contribution in [0.25, 0.3) is 6.08 Å². The van der Waals surface area contributed by atoms with Crippen LogP contribution in [-0.4, -0.2) is 34.7 Å². The minimum Gasteiger partial charge on any atom is -0.493 e. The van der Waals surface area contributed by atoms with E-state index in [1.165, 1.54) is 17.7 Å². The number of ether oxygens (including phenoxy) is 1. The molecular weight excluding hydrogens is 379 g/mol. The Hall–Kier alpha value is -3.42. The lowest BCUT2D eigenvalue weighted by Crippen LogP contribution is -2.32. The largest absolute Gasteiger partial charge is 0.493 e. The van der Waals surface area contributed by atoms with Gasteiger partial charge < -0.3 is 20.1 Å². The third-order valence-electron chi connectivity index (χ3n) is 4.44. The number of carbonyl (C=O) groups is 1. The first-order valence-electron chi connectivity index (χ1n) is 9.63. The zero-order chi connectivity index (χ0) is 21.2. The molecule has 0 spiro atoms. The average Bonchev–Trinajstić information content (AvgIpc) is 2.77. The minimum absolute atomic E-state index is 0.293. The molecule has 1 aromatic heterocycles. The van der Waals surface area contributed by atoms with E-state index in [2.05, 4.69) is 10.3 Å². The van der Waals surface area contributed by atoms with Crippen molar-refractivity contribution in [2.75, 3.05) is 6.61 Å². The van der Waals surface area contributed by atoms with Crippen molar-refractivity contribution in [2.24, 2.45) is 0 Å². The number of amides is 1. The second-order valence-corrected chi connectivity index (χ2v) is 6.66. The summed E-state index contributed by atoms with van der Waals surface area (Å²) >= 11 is 0. The number of aromatic nitrogens is 1. The molecule has 2 aromatic carbocycles. The predicted molar refractivity (Wildman–Crippen MR) is 117 cm³/mol. The van der Waals surface area contributed by atoms with E-state index >= 15 is 0 Å². The van der Waals surface area contributed by atoms with Gasteiger partial charge in [-0.3, -0.25) is 9.78 Å². The number of hydrogen-bond donors (Lipinski definition) is 3. The van der Waals surface area contributed by atoms with Crippen LogP contribution in [0.4, 0.5) is 0 Å². The summed E-state index contributed by atoms with van der Waals surface area (Å²) in [7, 11) is -1.65. The Kier molecular flexibility index (Phi) is 7.77. The van der Waals surface area contributed by atoms with Crippen molar-refractivity contribution < 1.29 is 19.6 Å². The van der Waals surface area contributed by atoms with Gasteiger partial charge in [-0.25, -0.2) is 0 Å². The molecule has 3 rings (SSSR count). The SMILES string of the molecule is O=C(/C=C/c1cc(OCCc2ccccc2)ccc1B(O)O)NCc1cccnc1. The van der Waals surface area contributed by atoms with Crippen LogP contribution < -0.4 is 15.5 Å².